The number of fused-ring (bicyclic) bond motifs is 1. The topological polar surface area (TPSA) is 26.3 Å². The zero-order valence-electron chi connectivity index (χ0n) is 10.4. The number of hydrogen-bond donors (Lipinski definition) is 0. The highest BCUT2D eigenvalue weighted by Gasteiger charge is 2.23. The Morgan fingerprint density at radius 2 is 2.18 bits per heavy atom. The third-order valence-corrected chi connectivity index (χ3v) is 3.48. The van der Waals surface area contributed by atoms with Gasteiger partial charge in [0, 0.05) is 5.57 Å². The SMILES string of the molecule is CCC1CCc2ccccc2C=C1C(=O)OC. The Balaban J connectivity index is 2.43. The minimum absolute atomic E-state index is 0.187. The van der Waals surface area contributed by atoms with Gasteiger partial charge in [-0.2, -0.15) is 0 Å². The number of hydrogen-bond acceptors (Lipinski definition) is 2. The van der Waals surface area contributed by atoms with Gasteiger partial charge in [0.15, 0.2) is 0 Å². The lowest BCUT2D eigenvalue weighted by Gasteiger charge is -2.14. The summed E-state index contributed by atoms with van der Waals surface area (Å²) < 4.78 is 4.89. The highest BCUT2D eigenvalue weighted by molar-refractivity contribution is 5.94. The minimum Gasteiger partial charge on any atom is -0.466 e. The van der Waals surface area contributed by atoms with Gasteiger partial charge in [-0.05, 0) is 42.4 Å². The van der Waals surface area contributed by atoms with Crippen LogP contribution < -0.4 is 0 Å². The number of carbonyl (C=O) groups is 1. The van der Waals surface area contributed by atoms with Gasteiger partial charge in [-0.15, -0.1) is 0 Å². The number of esters is 1. The first-order valence-corrected chi connectivity index (χ1v) is 6.14. The normalized spacial score (nSPS) is 18.9. The summed E-state index contributed by atoms with van der Waals surface area (Å²) in [5.41, 5.74) is 3.30. The summed E-state index contributed by atoms with van der Waals surface area (Å²) in [4.78, 5) is 11.8. The summed E-state index contributed by atoms with van der Waals surface area (Å²) in [6, 6.07) is 8.27. The van der Waals surface area contributed by atoms with Crippen LogP contribution in [0.4, 0.5) is 0 Å². The second-order valence-corrected chi connectivity index (χ2v) is 4.43. The first-order chi connectivity index (χ1) is 8.26. The van der Waals surface area contributed by atoms with Crippen molar-refractivity contribution >= 4 is 12.0 Å². The minimum atomic E-state index is -0.187. The molecule has 0 saturated heterocycles. The van der Waals surface area contributed by atoms with Crippen molar-refractivity contribution in [2.45, 2.75) is 26.2 Å². The molecule has 17 heavy (non-hydrogen) atoms. The van der Waals surface area contributed by atoms with Crippen molar-refractivity contribution in [3.05, 3.63) is 41.0 Å². The average molecular weight is 230 g/mol. The number of benzene rings is 1. The molecule has 0 fully saturated rings. The fourth-order valence-electron chi connectivity index (χ4n) is 2.44. The van der Waals surface area contributed by atoms with Crippen molar-refractivity contribution in [2.24, 2.45) is 5.92 Å². The lowest BCUT2D eigenvalue weighted by molar-refractivity contribution is -0.136. The van der Waals surface area contributed by atoms with Gasteiger partial charge in [0.2, 0.25) is 0 Å². The van der Waals surface area contributed by atoms with E-state index in [0.717, 1.165) is 30.4 Å². The number of aryl methyl sites for hydroxylation is 1. The van der Waals surface area contributed by atoms with Crippen LogP contribution in [0.25, 0.3) is 6.08 Å². The number of carbonyl (C=O) groups excluding carboxylic acids is 1. The molecule has 0 heterocycles. The van der Waals surface area contributed by atoms with Crippen LogP contribution in [-0.4, -0.2) is 13.1 Å². The molecule has 0 bridgehead atoms. The van der Waals surface area contributed by atoms with E-state index in [1.54, 1.807) is 0 Å². The van der Waals surface area contributed by atoms with E-state index in [2.05, 4.69) is 25.1 Å². The molecule has 0 aliphatic heterocycles. The first kappa shape index (κ1) is 11.9. The number of rotatable bonds is 2. The smallest absolute Gasteiger partial charge is 0.334 e. The maximum atomic E-state index is 11.8. The van der Waals surface area contributed by atoms with Gasteiger partial charge in [0.25, 0.3) is 0 Å². The fourth-order valence-corrected chi connectivity index (χ4v) is 2.44. The molecule has 0 N–H and O–H groups in total. The van der Waals surface area contributed by atoms with Crippen LogP contribution in [-0.2, 0) is 16.0 Å². The molecule has 0 spiro atoms. The molecule has 0 saturated carbocycles. The Kier molecular flexibility index (Phi) is 3.62. The van der Waals surface area contributed by atoms with Gasteiger partial charge in [0.05, 0.1) is 7.11 Å². The van der Waals surface area contributed by atoms with Crippen LogP contribution in [0, 0.1) is 5.92 Å². The van der Waals surface area contributed by atoms with Gasteiger partial charge in [-0.1, -0.05) is 31.2 Å². The number of ether oxygens (including phenoxy) is 1. The molecule has 1 atom stereocenters. The average Bonchev–Trinajstić information content (AvgIpc) is 2.56. The largest absolute Gasteiger partial charge is 0.466 e. The van der Waals surface area contributed by atoms with Gasteiger partial charge in [-0.3, -0.25) is 0 Å². The van der Waals surface area contributed by atoms with Crippen molar-refractivity contribution in [1.82, 2.24) is 0 Å². The van der Waals surface area contributed by atoms with Crippen LogP contribution in [0.3, 0.4) is 0 Å². The molecular weight excluding hydrogens is 212 g/mol. The molecular formula is C15H18O2. The third-order valence-electron chi connectivity index (χ3n) is 3.48. The van der Waals surface area contributed by atoms with E-state index in [4.69, 9.17) is 4.74 Å². The van der Waals surface area contributed by atoms with Gasteiger partial charge in [-0.25, -0.2) is 4.79 Å². The van der Waals surface area contributed by atoms with Crippen LogP contribution in [0.1, 0.15) is 30.9 Å². The van der Waals surface area contributed by atoms with E-state index in [0.29, 0.717) is 5.92 Å². The summed E-state index contributed by atoms with van der Waals surface area (Å²) in [6.07, 6.45) is 5.04. The molecule has 2 nitrogen and oxygen atoms in total. The molecule has 1 unspecified atom stereocenters. The third kappa shape index (κ3) is 2.41. The van der Waals surface area contributed by atoms with E-state index in [9.17, 15) is 4.79 Å². The van der Waals surface area contributed by atoms with Crippen LogP contribution >= 0.6 is 0 Å². The van der Waals surface area contributed by atoms with Crippen molar-refractivity contribution in [1.29, 1.82) is 0 Å². The monoisotopic (exact) mass is 230 g/mol. The molecule has 1 aromatic carbocycles. The molecule has 90 valence electrons. The van der Waals surface area contributed by atoms with Crippen LogP contribution in [0.15, 0.2) is 29.8 Å². The highest BCUT2D eigenvalue weighted by atomic mass is 16.5. The Morgan fingerprint density at radius 1 is 1.41 bits per heavy atom. The fraction of sp³-hybridized carbons (Fsp3) is 0.400. The zero-order chi connectivity index (χ0) is 12.3. The molecule has 2 heteroatoms. The Bertz CT molecular complexity index is 446. The maximum absolute atomic E-state index is 11.8. The molecule has 0 radical (unpaired) electrons. The van der Waals surface area contributed by atoms with Crippen LogP contribution in [0.2, 0.25) is 0 Å². The Hall–Kier alpha value is -1.57. The van der Waals surface area contributed by atoms with E-state index < -0.39 is 0 Å². The van der Waals surface area contributed by atoms with Crippen molar-refractivity contribution in [2.75, 3.05) is 7.11 Å². The van der Waals surface area contributed by atoms with Crippen molar-refractivity contribution in [3.8, 4) is 0 Å². The van der Waals surface area contributed by atoms with Gasteiger partial charge >= 0.3 is 5.97 Å². The van der Waals surface area contributed by atoms with Crippen molar-refractivity contribution in [3.63, 3.8) is 0 Å². The molecule has 0 amide bonds. The lowest BCUT2D eigenvalue weighted by atomic mass is 9.92. The molecule has 2 rings (SSSR count). The predicted octanol–water partition coefficient (Wildman–Crippen LogP) is 3.22. The first-order valence-electron chi connectivity index (χ1n) is 6.14. The van der Waals surface area contributed by atoms with E-state index >= 15 is 0 Å². The maximum Gasteiger partial charge on any atom is 0.334 e. The van der Waals surface area contributed by atoms with E-state index in [1.165, 1.54) is 12.7 Å². The molecule has 1 aliphatic carbocycles. The molecule has 1 aromatic rings. The predicted molar refractivity (Wildman–Crippen MR) is 68.5 cm³/mol. The summed E-state index contributed by atoms with van der Waals surface area (Å²) in [5, 5.41) is 0. The standard InChI is InChI=1S/C15H18O2/c1-3-11-8-9-12-6-4-5-7-13(12)10-14(11)15(16)17-2/h4-7,10-11H,3,8-9H2,1-2H3. The second kappa shape index (κ2) is 5.17. The highest BCUT2D eigenvalue weighted by Crippen LogP contribution is 2.30. The quantitative estimate of drug-likeness (QED) is 0.729. The van der Waals surface area contributed by atoms with Crippen LogP contribution in [0.5, 0.6) is 0 Å². The summed E-state index contributed by atoms with van der Waals surface area (Å²) in [7, 11) is 1.45. The lowest BCUT2D eigenvalue weighted by Crippen LogP contribution is -2.13. The second-order valence-electron chi connectivity index (χ2n) is 4.43. The molecule has 1 aliphatic rings. The zero-order valence-corrected chi connectivity index (χ0v) is 10.4. The Labute approximate surface area is 102 Å². The summed E-state index contributed by atoms with van der Waals surface area (Å²) >= 11 is 0. The summed E-state index contributed by atoms with van der Waals surface area (Å²) in [6.45, 7) is 2.12. The van der Waals surface area contributed by atoms with Gasteiger partial charge < -0.3 is 4.74 Å². The van der Waals surface area contributed by atoms with E-state index in [-0.39, 0.29) is 5.97 Å². The Morgan fingerprint density at radius 3 is 2.88 bits per heavy atom. The van der Waals surface area contributed by atoms with Gasteiger partial charge in [0.1, 0.15) is 0 Å². The molecule has 0 aromatic heterocycles. The number of methoxy groups -OCH3 is 1. The van der Waals surface area contributed by atoms with Crippen molar-refractivity contribution < 1.29 is 9.53 Å². The van der Waals surface area contributed by atoms with E-state index in [1.807, 2.05) is 12.1 Å². The summed E-state index contributed by atoms with van der Waals surface area (Å²) in [5.74, 6) is 0.128.